The first-order valence-electron chi connectivity index (χ1n) is 5.26. The highest BCUT2D eigenvalue weighted by Gasteiger charge is 2.27. The summed E-state index contributed by atoms with van der Waals surface area (Å²) in [5.74, 6) is -0.257. The molecule has 0 aliphatic heterocycles. The van der Waals surface area contributed by atoms with Gasteiger partial charge in [0.05, 0.1) is 12.1 Å². The maximum Gasteiger partial charge on any atom is 0.325 e. The zero-order valence-electron chi connectivity index (χ0n) is 10.2. The second kappa shape index (κ2) is 5.41. The standard InChI is InChI=1S/C11H18N2O2S/c1-5-9-12-6-8(16-9)7-13-11(2,3)10(14)15-4/h6,13H,5,7H2,1-4H3. The van der Waals surface area contributed by atoms with E-state index in [1.807, 2.05) is 6.20 Å². The molecule has 1 rings (SSSR count). The lowest BCUT2D eigenvalue weighted by Crippen LogP contribution is -2.46. The molecule has 0 aliphatic carbocycles. The lowest BCUT2D eigenvalue weighted by Gasteiger charge is -2.22. The van der Waals surface area contributed by atoms with Gasteiger partial charge in [-0.05, 0) is 20.3 Å². The molecule has 0 saturated heterocycles. The number of aryl methyl sites for hydroxylation is 1. The SMILES string of the molecule is CCc1ncc(CNC(C)(C)C(=O)OC)s1. The molecule has 1 aromatic rings. The summed E-state index contributed by atoms with van der Waals surface area (Å²) < 4.78 is 4.72. The molecule has 0 saturated carbocycles. The maximum absolute atomic E-state index is 11.4. The van der Waals surface area contributed by atoms with Crippen molar-refractivity contribution in [3.63, 3.8) is 0 Å². The minimum absolute atomic E-state index is 0.257. The van der Waals surface area contributed by atoms with Gasteiger partial charge in [0.15, 0.2) is 0 Å². The first-order chi connectivity index (χ1) is 7.49. The molecule has 90 valence electrons. The number of hydrogen-bond acceptors (Lipinski definition) is 5. The van der Waals surface area contributed by atoms with Gasteiger partial charge in [-0.3, -0.25) is 10.1 Å². The van der Waals surface area contributed by atoms with Crippen molar-refractivity contribution in [3.8, 4) is 0 Å². The molecule has 0 bridgehead atoms. The van der Waals surface area contributed by atoms with E-state index in [0.29, 0.717) is 6.54 Å². The van der Waals surface area contributed by atoms with Crippen molar-refractivity contribution in [2.75, 3.05) is 7.11 Å². The third-order valence-corrected chi connectivity index (χ3v) is 3.45. The Morgan fingerprint density at radius 2 is 2.31 bits per heavy atom. The van der Waals surface area contributed by atoms with Gasteiger partial charge in [-0.15, -0.1) is 11.3 Å². The quantitative estimate of drug-likeness (QED) is 0.799. The second-order valence-electron chi connectivity index (χ2n) is 4.04. The Labute approximate surface area is 100 Å². The van der Waals surface area contributed by atoms with Gasteiger partial charge in [-0.25, -0.2) is 4.98 Å². The van der Waals surface area contributed by atoms with Crippen LogP contribution >= 0.6 is 11.3 Å². The summed E-state index contributed by atoms with van der Waals surface area (Å²) in [6.45, 7) is 6.33. The van der Waals surface area contributed by atoms with Crippen LogP contribution in [0.4, 0.5) is 0 Å². The van der Waals surface area contributed by atoms with Gasteiger partial charge in [-0.2, -0.15) is 0 Å². The molecule has 1 aromatic heterocycles. The minimum Gasteiger partial charge on any atom is -0.468 e. The molecule has 0 amide bonds. The van der Waals surface area contributed by atoms with Crippen molar-refractivity contribution in [1.82, 2.24) is 10.3 Å². The fourth-order valence-corrected chi connectivity index (χ4v) is 2.03. The van der Waals surface area contributed by atoms with Crippen molar-refractivity contribution >= 4 is 17.3 Å². The van der Waals surface area contributed by atoms with E-state index in [2.05, 4.69) is 17.2 Å². The highest BCUT2D eigenvalue weighted by atomic mass is 32.1. The van der Waals surface area contributed by atoms with Crippen molar-refractivity contribution in [2.45, 2.75) is 39.3 Å². The summed E-state index contributed by atoms with van der Waals surface area (Å²) in [4.78, 5) is 16.8. The van der Waals surface area contributed by atoms with E-state index in [9.17, 15) is 4.79 Å². The number of carbonyl (C=O) groups excluding carboxylic acids is 1. The van der Waals surface area contributed by atoms with Crippen LogP contribution in [-0.2, 0) is 22.5 Å². The molecular weight excluding hydrogens is 224 g/mol. The second-order valence-corrected chi connectivity index (χ2v) is 5.24. The third-order valence-electron chi connectivity index (χ3n) is 2.30. The number of esters is 1. The van der Waals surface area contributed by atoms with Crippen LogP contribution in [0.2, 0.25) is 0 Å². The topological polar surface area (TPSA) is 51.2 Å². The van der Waals surface area contributed by atoms with Crippen LogP contribution in [0.5, 0.6) is 0 Å². The molecule has 0 spiro atoms. The van der Waals surface area contributed by atoms with Gasteiger partial charge in [0.25, 0.3) is 0 Å². The number of carbonyl (C=O) groups is 1. The van der Waals surface area contributed by atoms with Crippen LogP contribution < -0.4 is 5.32 Å². The van der Waals surface area contributed by atoms with E-state index in [-0.39, 0.29) is 5.97 Å². The molecule has 5 heteroatoms. The molecule has 1 N–H and O–H groups in total. The van der Waals surface area contributed by atoms with Crippen molar-refractivity contribution in [2.24, 2.45) is 0 Å². The van der Waals surface area contributed by atoms with Gasteiger partial charge >= 0.3 is 5.97 Å². The summed E-state index contributed by atoms with van der Waals surface area (Å²) in [5, 5.41) is 4.28. The Balaban J connectivity index is 2.53. The number of ether oxygens (including phenoxy) is 1. The summed E-state index contributed by atoms with van der Waals surface area (Å²) in [7, 11) is 1.40. The molecule has 0 radical (unpaired) electrons. The number of nitrogens with one attached hydrogen (secondary N) is 1. The van der Waals surface area contributed by atoms with Crippen LogP contribution in [0.25, 0.3) is 0 Å². The highest BCUT2D eigenvalue weighted by Crippen LogP contribution is 2.14. The van der Waals surface area contributed by atoms with Crippen LogP contribution in [0, 0.1) is 0 Å². The summed E-state index contributed by atoms with van der Waals surface area (Å²) in [5.41, 5.74) is -0.662. The van der Waals surface area contributed by atoms with Crippen LogP contribution in [0.3, 0.4) is 0 Å². The van der Waals surface area contributed by atoms with Gasteiger partial charge in [-0.1, -0.05) is 6.92 Å². The average Bonchev–Trinajstić information content (AvgIpc) is 2.73. The Bertz CT molecular complexity index is 361. The molecule has 16 heavy (non-hydrogen) atoms. The molecule has 0 unspecified atom stereocenters. The fourth-order valence-electron chi connectivity index (χ4n) is 1.23. The number of rotatable bonds is 5. The van der Waals surface area contributed by atoms with E-state index in [4.69, 9.17) is 4.74 Å². The van der Waals surface area contributed by atoms with E-state index in [1.165, 1.54) is 7.11 Å². The van der Waals surface area contributed by atoms with Crippen LogP contribution in [0.1, 0.15) is 30.7 Å². The van der Waals surface area contributed by atoms with Crippen molar-refractivity contribution < 1.29 is 9.53 Å². The average molecular weight is 242 g/mol. The van der Waals surface area contributed by atoms with Crippen molar-refractivity contribution in [1.29, 1.82) is 0 Å². The maximum atomic E-state index is 11.4. The van der Waals surface area contributed by atoms with Crippen molar-refractivity contribution in [3.05, 3.63) is 16.1 Å². The first kappa shape index (κ1) is 13.1. The molecule has 0 aliphatic rings. The lowest BCUT2D eigenvalue weighted by atomic mass is 10.1. The zero-order chi connectivity index (χ0) is 12.2. The van der Waals surface area contributed by atoms with Gasteiger partial charge in [0.2, 0.25) is 0 Å². The Morgan fingerprint density at radius 3 is 2.81 bits per heavy atom. The summed E-state index contributed by atoms with van der Waals surface area (Å²) >= 11 is 1.67. The Kier molecular flexibility index (Phi) is 4.44. The number of methoxy groups -OCH3 is 1. The summed E-state index contributed by atoms with van der Waals surface area (Å²) in [6.07, 6.45) is 2.80. The smallest absolute Gasteiger partial charge is 0.325 e. The van der Waals surface area contributed by atoms with Gasteiger partial charge < -0.3 is 4.74 Å². The molecule has 0 aromatic carbocycles. The number of aromatic nitrogens is 1. The fraction of sp³-hybridized carbons (Fsp3) is 0.636. The molecule has 0 fully saturated rings. The largest absolute Gasteiger partial charge is 0.468 e. The lowest BCUT2D eigenvalue weighted by molar-refractivity contribution is -0.147. The number of hydrogen-bond donors (Lipinski definition) is 1. The molecular formula is C11H18N2O2S. The highest BCUT2D eigenvalue weighted by molar-refractivity contribution is 7.11. The zero-order valence-corrected chi connectivity index (χ0v) is 11.0. The Hall–Kier alpha value is -0.940. The first-order valence-corrected chi connectivity index (χ1v) is 6.08. The summed E-state index contributed by atoms with van der Waals surface area (Å²) in [6, 6.07) is 0. The third kappa shape index (κ3) is 3.28. The van der Waals surface area contributed by atoms with E-state index >= 15 is 0 Å². The monoisotopic (exact) mass is 242 g/mol. The Morgan fingerprint density at radius 1 is 1.62 bits per heavy atom. The van der Waals surface area contributed by atoms with E-state index < -0.39 is 5.54 Å². The normalized spacial score (nSPS) is 11.5. The molecule has 1 heterocycles. The number of thiazole rings is 1. The predicted molar refractivity (Wildman–Crippen MR) is 64.4 cm³/mol. The van der Waals surface area contributed by atoms with E-state index in [0.717, 1.165) is 16.3 Å². The predicted octanol–water partition coefficient (Wildman–Crippen LogP) is 1.75. The van der Waals surface area contributed by atoms with Gasteiger partial charge in [0, 0.05) is 17.6 Å². The van der Waals surface area contributed by atoms with Crippen LogP contribution in [-0.4, -0.2) is 23.6 Å². The molecule has 0 atom stereocenters. The van der Waals surface area contributed by atoms with Crippen LogP contribution in [0.15, 0.2) is 6.20 Å². The van der Waals surface area contributed by atoms with Gasteiger partial charge in [0.1, 0.15) is 5.54 Å². The number of nitrogens with zero attached hydrogens (tertiary/aromatic N) is 1. The molecule has 4 nitrogen and oxygen atoms in total. The minimum atomic E-state index is -0.662. The van der Waals surface area contributed by atoms with E-state index in [1.54, 1.807) is 25.2 Å².